The molecule has 2 aromatic carbocycles. The molecule has 0 spiro atoms. The van der Waals surface area contributed by atoms with Crippen LogP contribution in [0.1, 0.15) is 15.9 Å². The molecule has 1 amide bonds. The summed E-state index contributed by atoms with van der Waals surface area (Å²) in [5.74, 6) is 0.940. The molecule has 0 fully saturated rings. The normalized spacial score (nSPS) is 10.0. The van der Waals surface area contributed by atoms with Crippen molar-refractivity contribution in [3.63, 3.8) is 0 Å². The molecule has 0 heterocycles. The molecule has 21 heavy (non-hydrogen) atoms. The number of rotatable bonds is 6. The number of methoxy groups -OCH3 is 2. The summed E-state index contributed by atoms with van der Waals surface area (Å²) in [6.07, 6.45) is 0. The first-order valence-corrected chi connectivity index (χ1v) is 6.48. The van der Waals surface area contributed by atoms with E-state index in [1.54, 1.807) is 26.4 Å². The monoisotopic (exact) mass is 286 g/mol. The predicted octanol–water partition coefficient (Wildman–Crippen LogP) is 2.41. The lowest BCUT2D eigenvalue weighted by molar-refractivity contribution is 0.100. The molecule has 5 heteroatoms. The maximum absolute atomic E-state index is 11.0. The van der Waals surface area contributed by atoms with E-state index in [0.29, 0.717) is 23.6 Å². The van der Waals surface area contributed by atoms with Gasteiger partial charge in [-0.1, -0.05) is 12.1 Å². The molecule has 0 aliphatic heterocycles. The summed E-state index contributed by atoms with van der Waals surface area (Å²) in [5, 5.41) is 3.28. The van der Waals surface area contributed by atoms with Crippen molar-refractivity contribution in [3.8, 4) is 11.5 Å². The number of nitrogens with two attached hydrogens (primary N) is 1. The van der Waals surface area contributed by atoms with E-state index in [9.17, 15) is 4.79 Å². The third kappa shape index (κ3) is 3.66. The minimum absolute atomic E-state index is 0.422. The molecule has 0 radical (unpaired) electrons. The Hall–Kier alpha value is -2.69. The van der Waals surface area contributed by atoms with Gasteiger partial charge >= 0.3 is 0 Å². The van der Waals surface area contributed by atoms with Gasteiger partial charge < -0.3 is 20.5 Å². The lowest BCUT2D eigenvalue weighted by Crippen LogP contribution is -2.10. The van der Waals surface area contributed by atoms with Gasteiger partial charge in [-0.15, -0.1) is 0 Å². The van der Waals surface area contributed by atoms with Crippen LogP contribution in [0, 0.1) is 0 Å². The van der Waals surface area contributed by atoms with Crippen molar-refractivity contribution in [2.45, 2.75) is 6.54 Å². The molecular weight excluding hydrogens is 268 g/mol. The lowest BCUT2D eigenvalue weighted by Gasteiger charge is -2.11. The van der Waals surface area contributed by atoms with E-state index < -0.39 is 5.91 Å². The molecule has 110 valence electrons. The number of hydrogen-bond acceptors (Lipinski definition) is 4. The molecule has 0 atom stereocenters. The van der Waals surface area contributed by atoms with Gasteiger partial charge in [0.2, 0.25) is 5.91 Å². The van der Waals surface area contributed by atoms with Crippen molar-refractivity contribution in [3.05, 3.63) is 53.6 Å². The molecule has 0 bridgehead atoms. The van der Waals surface area contributed by atoms with Crippen LogP contribution in [-0.2, 0) is 6.54 Å². The van der Waals surface area contributed by atoms with Crippen LogP contribution in [0.5, 0.6) is 11.5 Å². The zero-order valence-corrected chi connectivity index (χ0v) is 12.1. The fourth-order valence-corrected chi connectivity index (χ4v) is 1.94. The van der Waals surface area contributed by atoms with Gasteiger partial charge in [0.25, 0.3) is 0 Å². The maximum Gasteiger partial charge on any atom is 0.248 e. The first kappa shape index (κ1) is 14.7. The summed E-state index contributed by atoms with van der Waals surface area (Å²) in [5.41, 5.74) is 7.69. The van der Waals surface area contributed by atoms with E-state index in [1.807, 2.05) is 30.3 Å². The van der Waals surface area contributed by atoms with Gasteiger partial charge in [0, 0.05) is 23.9 Å². The van der Waals surface area contributed by atoms with Crippen LogP contribution in [-0.4, -0.2) is 20.1 Å². The molecule has 0 unspecified atom stereocenters. The van der Waals surface area contributed by atoms with Crippen LogP contribution >= 0.6 is 0 Å². The fraction of sp³-hybridized carbons (Fsp3) is 0.188. The lowest BCUT2D eigenvalue weighted by atomic mass is 10.1. The molecular formula is C16H18N2O3. The average Bonchev–Trinajstić information content (AvgIpc) is 2.52. The van der Waals surface area contributed by atoms with E-state index >= 15 is 0 Å². The zero-order valence-electron chi connectivity index (χ0n) is 12.1. The van der Waals surface area contributed by atoms with Crippen molar-refractivity contribution in [1.82, 2.24) is 0 Å². The minimum Gasteiger partial charge on any atom is -0.493 e. The van der Waals surface area contributed by atoms with Gasteiger partial charge in [-0.05, 0) is 29.8 Å². The molecule has 0 aliphatic rings. The molecule has 0 aliphatic carbocycles. The minimum atomic E-state index is -0.422. The summed E-state index contributed by atoms with van der Waals surface area (Å²) in [7, 11) is 3.20. The molecule has 0 saturated carbocycles. The Balaban J connectivity index is 2.04. The number of amides is 1. The highest BCUT2D eigenvalue weighted by Gasteiger charge is 2.04. The Labute approximate surface area is 123 Å². The molecule has 0 saturated heterocycles. The van der Waals surface area contributed by atoms with Crippen molar-refractivity contribution in [2.75, 3.05) is 19.5 Å². The van der Waals surface area contributed by atoms with E-state index in [4.69, 9.17) is 15.2 Å². The number of nitrogens with one attached hydrogen (secondary N) is 1. The second-order valence-corrected chi connectivity index (χ2v) is 4.48. The maximum atomic E-state index is 11.0. The van der Waals surface area contributed by atoms with Gasteiger partial charge in [0.05, 0.1) is 14.2 Å². The van der Waals surface area contributed by atoms with Crippen molar-refractivity contribution in [1.29, 1.82) is 0 Å². The van der Waals surface area contributed by atoms with Crippen molar-refractivity contribution < 1.29 is 14.3 Å². The van der Waals surface area contributed by atoms with E-state index in [1.165, 1.54) is 0 Å². The third-order valence-corrected chi connectivity index (χ3v) is 3.12. The Morgan fingerprint density at radius 2 is 1.71 bits per heavy atom. The van der Waals surface area contributed by atoms with Gasteiger partial charge in [0.1, 0.15) is 0 Å². The Morgan fingerprint density at radius 1 is 1.05 bits per heavy atom. The van der Waals surface area contributed by atoms with E-state index in [-0.39, 0.29) is 0 Å². The van der Waals surface area contributed by atoms with Gasteiger partial charge in [0.15, 0.2) is 11.5 Å². The Kier molecular flexibility index (Phi) is 4.66. The van der Waals surface area contributed by atoms with Gasteiger partial charge in [-0.2, -0.15) is 0 Å². The summed E-state index contributed by atoms with van der Waals surface area (Å²) in [6, 6.07) is 12.8. The largest absolute Gasteiger partial charge is 0.493 e. The van der Waals surface area contributed by atoms with Crippen LogP contribution in [0.4, 0.5) is 5.69 Å². The first-order chi connectivity index (χ1) is 10.1. The Bertz CT molecular complexity index is 624. The number of anilines is 1. The second kappa shape index (κ2) is 6.65. The van der Waals surface area contributed by atoms with Crippen LogP contribution in [0.2, 0.25) is 0 Å². The first-order valence-electron chi connectivity index (χ1n) is 6.48. The number of benzene rings is 2. The molecule has 5 nitrogen and oxygen atoms in total. The third-order valence-electron chi connectivity index (χ3n) is 3.12. The van der Waals surface area contributed by atoms with Gasteiger partial charge in [-0.25, -0.2) is 0 Å². The highest BCUT2D eigenvalue weighted by atomic mass is 16.5. The van der Waals surface area contributed by atoms with Crippen LogP contribution in [0.15, 0.2) is 42.5 Å². The number of primary amides is 1. The highest BCUT2D eigenvalue weighted by Crippen LogP contribution is 2.29. The Morgan fingerprint density at radius 3 is 2.29 bits per heavy atom. The number of carbonyl (C=O) groups excluding carboxylic acids is 1. The van der Waals surface area contributed by atoms with Crippen LogP contribution < -0.4 is 20.5 Å². The zero-order chi connectivity index (χ0) is 15.2. The standard InChI is InChI=1S/C16H18N2O3/c1-20-14-8-7-13(9-15(14)21-2)18-10-11-3-5-12(6-4-11)16(17)19/h3-9,18H,10H2,1-2H3,(H2,17,19). The summed E-state index contributed by atoms with van der Waals surface area (Å²) in [4.78, 5) is 11.0. The van der Waals surface area contributed by atoms with Crippen LogP contribution in [0.3, 0.4) is 0 Å². The number of hydrogen-bond donors (Lipinski definition) is 2. The SMILES string of the molecule is COc1ccc(NCc2ccc(C(N)=O)cc2)cc1OC. The summed E-state index contributed by atoms with van der Waals surface area (Å²) >= 11 is 0. The molecule has 2 aromatic rings. The highest BCUT2D eigenvalue weighted by molar-refractivity contribution is 5.92. The van der Waals surface area contributed by atoms with Gasteiger partial charge in [-0.3, -0.25) is 4.79 Å². The van der Waals surface area contributed by atoms with E-state index in [2.05, 4.69) is 5.32 Å². The average molecular weight is 286 g/mol. The van der Waals surface area contributed by atoms with Crippen LogP contribution in [0.25, 0.3) is 0 Å². The molecule has 2 rings (SSSR count). The number of carbonyl (C=O) groups is 1. The van der Waals surface area contributed by atoms with Crippen molar-refractivity contribution in [2.24, 2.45) is 5.73 Å². The van der Waals surface area contributed by atoms with E-state index in [0.717, 1.165) is 11.3 Å². The molecule has 0 aromatic heterocycles. The predicted molar refractivity (Wildman–Crippen MR) is 81.8 cm³/mol. The quantitative estimate of drug-likeness (QED) is 0.855. The topological polar surface area (TPSA) is 73.6 Å². The second-order valence-electron chi connectivity index (χ2n) is 4.48. The number of ether oxygens (including phenoxy) is 2. The fourth-order valence-electron chi connectivity index (χ4n) is 1.94. The summed E-state index contributed by atoms with van der Waals surface area (Å²) < 4.78 is 10.4. The molecule has 3 N–H and O–H groups in total. The summed E-state index contributed by atoms with van der Waals surface area (Å²) in [6.45, 7) is 0.633. The van der Waals surface area contributed by atoms with Crippen molar-refractivity contribution >= 4 is 11.6 Å². The smallest absolute Gasteiger partial charge is 0.248 e.